The maximum atomic E-state index is 9.26. The van der Waals surface area contributed by atoms with Crippen molar-refractivity contribution >= 4 is 5.84 Å². The van der Waals surface area contributed by atoms with Crippen molar-refractivity contribution in [1.82, 2.24) is 9.88 Å². The van der Waals surface area contributed by atoms with Crippen molar-refractivity contribution in [3.05, 3.63) is 53.7 Å². The van der Waals surface area contributed by atoms with Crippen molar-refractivity contribution in [1.29, 1.82) is 0 Å². The highest BCUT2D eigenvalue weighted by Crippen LogP contribution is 2.21. The number of oxime groups is 1. The van der Waals surface area contributed by atoms with Crippen molar-refractivity contribution in [3.63, 3.8) is 0 Å². The molecule has 0 atom stereocenters. The van der Waals surface area contributed by atoms with Crippen LogP contribution in [0.1, 0.15) is 24.0 Å². The lowest BCUT2D eigenvalue weighted by Crippen LogP contribution is -2.28. The molecule has 2 heterocycles. The van der Waals surface area contributed by atoms with E-state index in [-0.39, 0.29) is 0 Å². The van der Waals surface area contributed by atoms with Gasteiger partial charge in [-0.1, -0.05) is 17.3 Å². The van der Waals surface area contributed by atoms with Crippen LogP contribution in [0, 0.1) is 6.92 Å². The van der Waals surface area contributed by atoms with Gasteiger partial charge in [-0.2, -0.15) is 0 Å². The second kappa shape index (κ2) is 6.47. The third-order valence-electron chi connectivity index (χ3n) is 3.71. The van der Waals surface area contributed by atoms with E-state index in [2.05, 4.69) is 15.0 Å². The summed E-state index contributed by atoms with van der Waals surface area (Å²) < 4.78 is 5.73. The molecule has 0 amide bonds. The molecule has 0 aliphatic carbocycles. The van der Waals surface area contributed by atoms with Gasteiger partial charge in [0.15, 0.2) is 5.84 Å². The predicted octanol–water partition coefficient (Wildman–Crippen LogP) is 3.41. The van der Waals surface area contributed by atoms with E-state index in [0.717, 1.165) is 42.8 Å². The molecule has 1 aliphatic rings. The zero-order chi connectivity index (χ0) is 15.4. The van der Waals surface area contributed by atoms with E-state index in [1.165, 1.54) is 0 Å². The number of hydrogen-bond acceptors (Lipinski definition) is 4. The van der Waals surface area contributed by atoms with Gasteiger partial charge in [0.25, 0.3) is 0 Å². The minimum Gasteiger partial charge on any atom is -0.439 e. The molecule has 1 aromatic carbocycles. The van der Waals surface area contributed by atoms with E-state index in [9.17, 15) is 5.21 Å². The van der Waals surface area contributed by atoms with E-state index >= 15 is 0 Å². The Kier molecular flexibility index (Phi) is 4.23. The number of nitrogens with zero attached hydrogens (tertiary/aromatic N) is 3. The van der Waals surface area contributed by atoms with Gasteiger partial charge in [-0.15, -0.1) is 0 Å². The Morgan fingerprint density at radius 1 is 1.23 bits per heavy atom. The van der Waals surface area contributed by atoms with E-state index in [4.69, 9.17) is 4.74 Å². The summed E-state index contributed by atoms with van der Waals surface area (Å²) in [4.78, 5) is 6.37. The minimum absolute atomic E-state index is 0.521. The smallest absolute Gasteiger partial charge is 0.219 e. The van der Waals surface area contributed by atoms with E-state index in [0.29, 0.717) is 11.7 Å². The van der Waals surface area contributed by atoms with Crippen LogP contribution in [0.15, 0.2) is 47.8 Å². The first-order valence-corrected chi connectivity index (χ1v) is 7.44. The SMILES string of the molecule is Cc1cccc(Oc2ccc(/C(=N/O)N3CCCC3)cn2)c1. The number of likely N-dealkylation sites (tertiary alicyclic amines) is 1. The molecule has 0 radical (unpaired) electrons. The van der Waals surface area contributed by atoms with E-state index in [1.807, 2.05) is 37.3 Å². The number of hydrogen-bond donors (Lipinski definition) is 1. The van der Waals surface area contributed by atoms with Gasteiger partial charge < -0.3 is 14.8 Å². The number of aryl methyl sites for hydroxylation is 1. The molecule has 0 bridgehead atoms. The average Bonchev–Trinajstić information content (AvgIpc) is 3.04. The molecule has 5 nitrogen and oxygen atoms in total. The summed E-state index contributed by atoms with van der Waals surface area (Å²) in [6.45, 7) is 3.85. The van der Waals surface area contributed by atoms with E-state index in [1.54, 1.807) is 12.3 Å². The zero-order valence-corrected chi connectivity index (χ0v) is 12.6. The molecule has 1 N–H and O–H groups in total. The molecule has 22 heavy (non-hydrogen) atoms. The first-order valence-electron chi connectivity index (χ1n) is 7.44. The van der Waals surface area contributed by atoms with Gasteiger partial charge >= 0.3 is 0 Å². The Labute approximate surface area is 129 Å². The molecule has 3 rings (SSSR count). The Balaban J connectivity index is 1.74. The molecule has 0 unspecified atom stereocenters. The summed E-state index contributed by atoms with van der Waals surface area (Å²) in [5.74, 6) is 1.86. The van der Waals surface area contributed by atoms with Crippen molar-refractivity contribution in [2.24, 2.45) is 5.16 Å². The van der Waals surface area contributed by atoms with Crippen molar-refractivity contribution in [2.75, 3.05) is 13.1 Å². The largest absolute Gasteiger partial charge is 0.439 e. The Morgan fingerprint density at radius 2 is 2.05 bits per heavy atom. The highest BCUT2D eigenvalue weighted by Gasteiger charge is 2.18. The molecule has 0 spiro atoms. The number of pyridine rings is 1. The van der Waals surface area contributed by atoms with Gasteiger partial charge in [-0.3, -0.25) is 0 Å². The van der Waals surface area contributed by atoms with Gasteiger partial charge in [0.1, 0.15) is 5.75 Å². The van der Waals surface area contributed by atoms with Crippen LogP contribution in [0.3, 0.4) is 0 Å². The lowest BCUT2D eigenvalue weighted by atomic mass is 10.2. The molecule has 2 aromatic rings. The van der Waals surface area contributed by atoms with Crippen molar-refractivity contribution < 1.29 is 9.94 Å². The lowest BCUT2D eigenvalue weighted by molar-refractivity contribution is 0.307. The number of aromatic nitrogens is 1. The van der Waals surface area contributed by atoms with Gasteiger partial charge in [-0.25, -0.2) is 4.98 Å². The fourth-order valence-electron chi connectivity index (χ4n) is 2.61. The normalized spacial score (nSPS) is 15.1. The third-order valence-corrected chi connectivity index (χ3v) is 3.71. The van der Waals surface area contributed by atoms with Crippen molar-refractivity contribution in [2.45, 2.75) is 19.8 Å². The summed E-state index contributed by atoms with van der Waals surface area (Å²) in [6.07, 6.45) is 3.93. The summed E-state index contributed by atoms with van der Waals surface area (Å²) in [6, 6.07) is 11.5. The van der Waals surface area contributed by atoms with Crippen LogP contribution >= 0.6 is 0 Å². The summed E-state index contributed by atoms with van der Waals surface area (Å²) in [5, 5.41) is 12.7. The fraction of sp³-hybridized carbons (Fsp3) is 0.294. The molecular formula is C17H19N3O2. The molecule has 1 aromatic heterocycles. The summed E-state index contributed by atoms with van der Waals surface area (Å²) in [5.41, 5.74) is 1.93. The topological polar surface area (TPSA) is 58.0 Å². The second-order valence-electron chi connectivity index (χ2n) is 5.42. The van der Waals surface area contributed by atoms with E-state index < -0.39 is 0 Å². The highest BCUT2D eigenvalue weighted by atomic mass is 16.5. The van der Waals surface area contributed by atoms with Gasteiger partial charge in [0.05, 0.1) is 0 Å². The van der Waals surface area contributed by atoms with Crippen LogP contribution in [0.25, 0.3) is 0 Å². The zero-order valence-electron chi connectivity index (χ0n) is 12.6. The lowest BCUT2D eigenvalue weighted by Gasteiger charge is -2.18. The highest BCUT2D eigenvalue weighted by molar-refractivity contribution is 5.98. The van der Waals surface area contributed by atoms with Crippen LogP contribution < -0.4 is 4.74 Å². The number of amidine groups is 1. The maximum absolute atomic E-state index is 9.26. The predicted molar refractivity (Wildman–Crippen MR) is 84.6 cm³/mol. The van der Waals surface area contributed by atoms with Gasteiger partial charge in [-0.05, 0) is 43.5 Å². The van der Waals surface area contributed by atoms with Crippen LogP contribution in [-0.2, 0) is 0 Å². The molecule has 0 saturated carbocycles. The average molecular weight is 297 g/mol. The van der Waals surface area contributed by atoms with Crippen LogP contribution in [-0.4, -0.2) is 34.0 Å². The fourth-order valence-corrected chi connectivity index (χ4v) is 2.61. The summed E-state index contributed by atoms with van der Waals surface area (Å²) >= 11 is 0. The number of rotatable bonds is 3. The molecular weight excluding hydrogens is 278 g/mol. The quantitative estimate of drug-likeness (QED) is 0.408. The first kappa shape index (κ1) is 14.4. The Hall–Kier alpha value is -2.56. The Morgan fingerprint density at radius 3 is 2.68 bits per heavy atom. The van der Waals surface area contributed by atoms with Gasteiger partial charge in [0, 0.05) is 30.9 Å². The number of benzene rings is 1. The maximum Gasteiger partial charge on any atom is 0.219 e. The standard InChI is InChI=1S/C17H19N3O2/c1-13-5-4-6-15(11-13)22-16-8-7-14(12-18-16)17(19-21)20-9-2-3-10-20/h4-8,11-12,21H,2-3,9-10H2,1H3/b19-17-. The molecule has 1 aliphatic heterocycles. The molecule has 5 heteroatoms. The number of ether oxygens (including phenoxy) is 1. The monoisotopic (exact) mass is 297 g/mol. The van der Waals surface area contributed by atoms with Crippen molar-refractivity contribution in [3.8, 4) is 11.6 Å². The Bertz CT molecular complexity index is 662. The van der Waals surface area contributed by atoms with Crippen LogP contribution in [0.5, 0.6) is 11.6 Å². The minimum atomic E-state index is 0.521. The first-order chi connectivity index (χ1) is 10.8. The molecule has 1 saturated heterocycles. The molecule has 114 valence electrons. The van der Waals surface area contributed by atoms with Crippen LogP contribution in [0.4, 0.5) is 0 Å². The van der Waals surface area contributed by atoms with Gasteiger partial charge in [0.2, 0.25) is 5.88 Å². The second-order valence-corrected chi connectivity index (χ2v) is 5.42. The molecule has 1 fully saturated rings. The van der Waals surface area contributed by atoms with Crippen LogP contribution in [0.2, 0.25) is 0 Å². The summed E-state index contributed by atoms with van der Waals surface area (Å²) in [7, 11) is 0. The third kappa shape index (κ3) is 3.19.